The molecule has 1 aliphatic carbocycles. The molecule has 3 atom stereocenters. The Kier molecular flexibility index (Phi) is 5.56. The van der Waals surface area contributed by atoms with Gasteiger partial charge in [-0.25, -0.2) is 9.78 Å². The van der Waals surface area contributed by atoms with Crippen LogP contribution in [-0.2, 0) is 0 Å². The van der Waals surface area contributed by atoms with Gasteiger partial charge in [0, 0.05) is 53.0 Å². The third-order valence-electron chi connectivity index (χ3n) is 8.56. The Bertz CT molecular complexity index is 1480. The topological polar surface area (TPSA) is 101 Å². The van der Waals surface area contributed by atoms with E-state index in [9.17, 15) is 4.79 Å². The second-order valence-electron chi connectivity index (χ2n) is 11.0. The Balaban J connectivity index is 1.26. The highest BCUT2D eigenvalue weighted by molar-refractivity contribution is 5.79. The fraction of sp³-hybridized carbons (Fsp3) is 0.400. The Morgan fingerprint density at radius 1 is 0.974 bits per heavy atom. The summed E-state index contributed by atoms with van der Waals surface area (Å²) in [6.45, 7) is 2.63. The van der Waals surface area contributed by atoms with E-state index in [4.69, 9.17) is 15.7 Å². The molecule has 2 aliphatic heterocycles. The second-order valence-corrected chi connectivity index (χ2v) is 11.0. The van der Waals surface area contributed by atoms with Gasteiger partial charge >= 0.3 is 6.03 Å². The van der Waals surface area contributed by atoms with E-state index in [-0.39, 0.29) is 18.1 Å². The Hall–Kier alpha value is -3.94. The van der Waals surface area contributed by atoms with Gasteiger partial charge in [0.05, 0.1) is 17.6 Å². The number of carbonyl (C=O) groups excluding carboxylic acids is 1. The number of aromatic nitrogens is 4. The average molecular weight is 508 g/mol. The summed E-state index contributed by atoms with van der Waals surface area (Å²) in [4.78, 5) is 24.9. The molecule has 8 nitrogen and oxygen atoms in total. The summed E-state index contributed by atoms with van der Waals surface area (Å²) in [5.41, 5.74) is 13.9. The summed E-state index contributed by atoms with van der Waals surface area (Å²) in [6.07, 6.45) is 10.1. The third-order valence-corrected chi connectivity index (χ3v) is 8.56. The average Bonchev–Trinajstić information content (AvgIpc) is 3.63. The number of urea groups is 1. The number of piperidine rings is 1. The van der Waals surface area contributed by atoms with Gasteiger partial charge in [-0.2, -0.15) is 9.61 Å². The summed E-state index contributed by atoms with van der Waals surface area (Å²) in [6, 6.07) is 14.9. The molecule has 1 unspecified atom stereocenters. The number of hydrogen-bond acceptors (Lipinski definition) is 5. The zero-order valence-corrected chi connectivity index (χ0v) is 21.7. The van der Waals surface area contributed by atoms with E-state index in [1.165, 1.54) is 5.56 Å². The number of amides is 2. The lowest BCUT2D eigenvalue weighted by atomic mass is 9.85. The van der Waals surface area contributed by atoms with Crippen molar-refractivity contribution < 1.29 is 4.79 Å². The van der Waals surface area contributed by atoms with Crippen LogP contribution < -0.4 is 11.1 Å². The summed E-state index contributed by atoms with van der Waals surface area (Å²) < 4.78 is 1.82. The first-order valence-corrected chi connectivity index (χ1v) is 13.9. The fourth-order valence-electron chi connectivity index (χ4n) is 6.66. The van der Waals surface area contributed by atoms with Crippen molar-refractivity contribution in [3.63, 3.8) is 0 Å². The molecule has 0 spiro atoms. The summed E-state index contributed by atoms with van der Waals surface area (Å²) in [5.74, 6) is 1.47. The zero-order chi connectivity index (χ0) is 25.8. The molecule has 8 heteroatoms. The number of carbonyl (C=O) groups is 1. The quantitative estimate of drug-likeness (QED) is 0.379. The van der Waals surface area contributed by atoms with Gasteiger partial charge in [0.2, 0.25) is 0 Å². The second kappa shape index (κ2) is 9.11. The maximum Gasteiger partial charge on any atom is 0.317 e. The van der Waals surface area contributed by atoms with Crippen LogP contribution in [0.1, 0.15) is 68.5 Å². The number of nitrogens with one attached hydrogen (secondary N) is 1. The van der Waals surface area contributed by atoms with E-state index in [2.05, 4.69) is 33.5 Å². The van der Waals surface area contributed by atoms with Crippen LogP contribution in [0, 0.1) is 0 Å². The van der Waals surface area contributed by atoms with Crippen molar-refractivity contribution in [3.8, 4) is 22.4 Å². The SMILES string of the molecule is CCNC(=O)N1C2CC[C@H]1C[C@@H](c1nc3c(-c4ccc(-c5ccccc5)nc4)cnn3c(N)c1C1CC1)C2. The molecule has 4 aromatic rings. The normalized spacial score (nSPS) is 22.7. The van der Waals surface area contributed by atoms with E-state index in [1.807, 2.05) is 48.1 Å². The van der Waals surface area contributed by atoms with Crippen LogP contribution in [0.3, 0.4) is 0 Å². The van der Waals surface area contributed by atoms with Crippen LogP contribution in [-0.4, -0.2) is 49.1 Å². The summed E-state index contributed by atoms with van der Waals surface area (Å²) >= 11 is 0. The molecule has 2 amide bonds. The number of fused-ring (bicyclic) bond motifs is 3. The van der Waals surface area contributed by atoms with Gasteiger partial charge in [0.15, 0.2) is 5.65 Å². The Morgan fingerprint density at radius 3 is 2.39 bits per heavy atom. The van der Waals surface area contributed by atoms with Crippen LogP contribution in [0.2, 0.25) is 0 Å². The first-order valence-electron chi connectivity index (χ1n) is 13.9. The lowest BCUT2D eigenvalue weighted by molar-refractivity contribution is 0.138. The number of nitrogen functional groups attached to an aromatic ring is 1. The standard InChI is InChI=1S/C30H33N7O/c1-2-32-30(38)36-22-11-12-23(36)15-21(14-22)27-26(19-8-9-19)28(31)37-29(35-27)24(17-34-37)20-10-13-25(33-16-20)18-6-4-3-5-7-18/h3-7,10,13,16-17,19,21-23H,2,8-9,11-12,14-15,31H2,1H3,(H,32,38)/t21-,22+,23?/m1/s1. The number of rotatable bonds is 5. The Labute approximate surface area is 222 Å². The molecule has 2 saturated heterocycles. The molecule has 3 aromatic heterocycles. The van der Waals surface area contributed by atoms with E-state index < -0.39 is 0 Å². The minimum absolute atomic E-state index is 0.0771. The molecule has 2 bridgehead atoms. The lowest BCUT2D eigenvalue weighted by Crippen LogP contribution is -2.50. The van der Waals surface area contributed by atoms with Crippen molar-refractivity contribution in [2.75, 3.05) is 12.3 Å². The largest absolute Gasteiger partial charge is 0.383 e. The predicted molar refractivity (Wildman–Crippen MR) is 148 cm³/mol. The molecule has 1 saturated carbocycles. The lowest BCUT2D eigenvalue weighted by Gasteiger charge is -2.39. The first-order chi connectivity index (χ1) is 18.6. The molecule has 1 aromatic carbocycles. The van der Waals surface area contributed by atoms with Gasteiger partial charge < -0.3 is 16.0 Å². The highest BCUT2D eigenvalue weighted by Gasteiger charge is 2.45. The van der Waals surface area contributed by atoms with Crippen LogP contribution in [0.4, 0.5) is 10.6 Å². The maximum absolute atomic E-state index is 12.8. The zero-order valence-electron chi connectivity index (χ0n) is 21.7. The van der Waals surface area contributed by atoms with Crippen molar-refractivity contribution in [2.24, 2.45) is 0 Å². The minimum Gasteiger partial charge on any atom is -0.383 e. The predicted octanol–water partition coefficient (Wildman–Crippen LogP) is 5.36. The van der Waals surface area contributed by atoms with Gasteiger partial charge in [-0.05, 0) is 57.4 Å². The summed E-state index contributed by atoms with van der Waals surface area (Å²) in [7, 11) is 0. The smallest absolute Gasteiger partial charge is 0.317 e. The molecular weight excluding hydrogens is 474 g/mol. The van der Waals surface area contributed by atoms with E-state index in [1.54, 1.807) is 0 Å². The molecule has 7 rings (SSSR count). The van der Waals surface area contributed by atoms with Crippen molar-refractivity contribution in [1.29, 1.82) is 0 Å². The molecule has 3 fully saturated rings. The molecular formula is C30H33N7O. The minimum atomic E-state index is 0.0771. The van der Waals surface area contributed by atoms with Gasteiger partial charge in [-0.3, -0.25) is 4.98 Å². The highest BCUT2D eigenvalue weighted by atomic mass is 16.2. The van der Waals surface area contributed by atoms with Crippen molar-refractivity contribution >= 4 is 17.5 Å². The van der Waals surface area contributed by atoms with Gasteiger partial charge in [0.25, 0.3) is 0 Å². The number of pyridine rings is 1. The number of nitrogens with zero attached hydrogens (tertiary/aromatic N) is 5. The molecule has 194 valence electrons. The van der Waals surface area contributed by atoms with Crippen LogP contribution >= 0.6 is 0 Å². The Morgan fingerprint density at radius 2 is 1.74 bits per heavy atom. The highest BCUT2D eigenvalue weighted by Crippen LogP contribution is 2.50. The summed E-state index contributed by atoms with van der Waals surface area (Å²) in [5, 5.41) is 7.68. The van der Waals surface area contributed by atoms with E-state index in [0.29, 0.717) is 24.2 Å². The number of benzene rings is 1. The van der Waals surface area contributed by atoms with Gasteiger partial charge in [-0.1, -0.05) is 36.4 Å². The number of anilines is 1. The van der Waals surface area contributed by atoms with Crippen LogP contribution in [0.15, 0.2) is 54.9 Å². The maximum atomic E-state index is 12.8. The van der Waals surface area contributed by atoms with Gasteiger partial charge in [0.1, 0.15) is 5.82 Å². The van der Waals surface area contributed by atoms with E-state index in [0.717, 1.165) is 72.3 Å². The first kappa shape index (κ1) is 23.2. The molecule has 3 N–H and O–H groups in total. The van der Waals surface area contributed by atoms with Crippen molar-refractivity contribution in [3.05, 3.63) is 66.1 Å². The van der Waals surface area contributed by atoms with Gasteiger partial charge in [-0.15, -0.1) is 0 Å². The molecule has 5 heterocycles. The van der Waals surface area contributed by atoms with Crippen molar-refractivity contribution in [1.82, 2.24) is 29.8 Å². The monoisotopic (exact) mass is 507 g/mol. The molecule has 0 radical (unpaired) electrons. The molecule has 3 aliphatic rings. The fourth-order valence-corrected chi connectivity index (χ4v) is 6.66. The van der Waals surface area contributed by atoms with Crippen molar-refractivity contribution in [2.45, 2.75) is 69.4 Å². The van der Waals surface area contributed by atoms with Crippen LogP contribution in [0.25, 0.3) is 28.0 Å². The number of nitrogens with two attached hydrogens (primary N) is 1. The number of hydrogen-bond donors (Lipinski definition) is 2. The third kappa shape index (κ3) is 3.81. The molecule has 38 heavy (non-hydrogen) atoms. The van der Waals surface area contributed by atoms with E-state index >= 15 is 0 Å². The van der Waals surface area contributed by atoms with Crippen LogP contribution in [0.5, 0.6) is 0 Å².